The van der Waals surface area contributed by atoms with Gasteiger partial charge in [0.25, 0.3) is 5.91 Å². The van der Waals surface area contributed by atoms with Gasteiger partial charge in [-0.1, -0.05) is 26.0 Å². The molecule has 0 saturated carbocycles. The van der Waals surface area contributed by atoms with Gasteiger partial charge in [-0.2, -0.15) is 0 Å². The van der Waals surface area contributed by atoms with Gasteiger partial charge in [-0.3, -0.25) is 9.59 Å². The third-order valence-corrected chi connectivity index (χ3v) is 6.27. The van der Waals surface area contributed by atoms with Crippen LogP contribution in [-0.4, -0.2) is 71.1 Å². The van der Waals surface area contributed by atoms with Crippen LogP contribution in [-0.2, 0) is 4.79 Å². The molecule has 9 heteroatoms. The van der Waals surface area contributed by atoms with Crippen molar-refractivity contribution in [2.45, 2.75) is 20.3 Å². The molecule has 1 saturated heterocycles. The molecule has 1 aliphatic heterocycles. The Hall–Kier alpha value is -3.88. The van der Waals surface area contributed by atoms with Gasteiger partial charge in [-0.15, -0.1) is 10.2 Å². The zero-order valence-corrected chi connectivity index (χ0v) is 21.1. The Morgan fingerprint density at radius 1 is 0.919 bits per heavy atom. The molecule has 1 fully saturated rings. The number of hydrogen-bond donors (Lipinski definition) is 0. The first-order chi connectivity index (χ1) is 17.8. The number of hydrogen-bond acceptors (Lipinski definition) is 5. The highest BCUT2D eigenvalue weighted by Gasteiger charge is 2.26. The standard InChI is InChI=1S/C28H31F2N5O2/c1-20(2)18-35(28(37)23-6-3-4-7-24(23)30)19-27(36)34-15-5-14-33(16-17-34)26-13-12-25(31-32-26)21-8-10-22(29)11-9-21/h3-4,6-13,20H,5,14-19H2,1-2H3. The maximum Gasteiger partial charge on any atom is 0.257 e. The average Bonchev–Trinajstić information content (AvgIpc) is 3.15. The van der Waals surface area contributed by atoms with Crippen LogP contribution in [0.25, 0.3) is 11.3 Å². The third-order valence-electron chi connectivity index (χ3n) is 6.27. The number of halogens is 2. The van der Waals surface area contributed by atoms with Crippen molar-refractivity contribution >= 4 is 17.6 Å². The van der Waals surface area contributed by atoms with Crippen LogP contribution in [0.15, 0.2) is 60.7 Å². The van der Waals surface area contributed by atoms with E-state index in [1.165, 1.54) is 35.2 Å². The molecule has 0 radical (unpaired) electrons. The van der Waals surface area contributed by atoms with Gasteiger partial charge in [-0.05, 0) is 60.9 Å². The lowest BCUT2D eigenvalue weighted by Gasteiger charge is -2.28. The molecule has 1 aromatic heterocycles. The van der Waals surface area contributed by atoms with Crippen LogP contribution in [0.1, 0.15) is 30.6 Å². The summed E-state index contributed by atoms with van der Waals surface area (Å²) in [5.74, 6) is -0.708. The number of aromatic nitrogens is 2. The van der Waals surface area contributed by atoms with Crippen molar-refractivity contribution < 1.29 is 18.4 Å². The molecule has 0 spiro atoms. The summed E-state index contributed by atoms with van der Waals surface area (Å²) in [6.45, 7) is 6.48. The van der Waals surface area contributed by atoms with Gasteiger partial charge < -0.3 is 14.7 Å². The van der Waals surface area contributed by atoms with Crippen LogP contribution in [0.2, 0.25) is 0 Å². The molecule has 7 nitrogen and oxygen atoms in total. The molecule has 0 unspecified atom stereocenters. The van der Waals surface area contributed by atoms with Crippen molar-refractivity contribution in [1.29, 1.82) is 0 Å². The number of benzene rings is 2. The van der Waals surface area contributed by atoms with Crippen LogP contribution >= 0.6 is 0 Å². The molecule has 0 aliphatic carbocycles. The maximum atomic E-state index is 14.3. The van der Waals surface area contributed by atoms with E-state index in [4.69, 9.17) is 0 Å². The number of carbonyl (C=O) groups is 2. The van der Waals surface area contributed by atoms with Gasteiger partial charge in [0.15, 0.2) is 5.82 Å². The zero-order valence-electron chi connectivity index (χ0n) is 21.1. The quantitative estimate of drug-likeness (QED) is 0.478. The van der Waals surface area contributed by atoms with E-state index in [-0.39, 0.29) is 29.8 Å². The number of rotatable bonds is 7. The van der Waals surface area contributed by atoms with Gasteiger partial charge in [0.1, 0.15) is 18.2 Å². The van der Waals surface area contributed by atoms with E-state index in [1.54, 1.807) is 23.1 Å². The summed E-state index contributed by atoms with van der Waals surface area (Å²) in [7, 11) is 0. The van der Waals surface area contributed by atoms with Crippen molar-refractivity contribution in [2.24, 2.45) is 5.92 Å². The fraction of sp³-hybridized carbons (Fsp3) is 0.357. The lowest BCUT2D eigenvalue weighted by atomic mass is 10.1. The normalized spacial score (nSPS) is 14.0. The second-order valence-corrected chi connectivity index (χ2v) is 9.56. The molecule has 0 bridgehead atoms. The molecule has 2 heterocycles. The largest absolute Gasteiger partial charge is 0.353 e. The van der Waals surface area contributed by atoms with Crippen LogP contribution in [0, 0.1) is 17.6 Å². The van der Waals surface area contributed by atoms with E-state index in [1.807, 2.05) is 26.0 Å². The molecule has 2 amide bonds. The minimum atomic E-state index is -0.592. The predicted octanol–water partition coefficient (Wildman–Crippen LogP) is 4.26. The third kappa shape index (κ3) is 6.67. The first-order valence-electron chi connectivity index (χ1n) is 12.5. The van der Waals surface area contributed by atoms with Crippen LogP contribution < -0.4 is 4.90 Å². The second-order valence-electron chi connectivity index (χ2n) is 9.56. The van der Waals surface area contributed by atoms with Crippen molar-refractivity contribution in [3.8, 4) is 11.3 Å². The van der Waals surface area contributed by atoms with Crippen molar-refractivity contribution in [2.75, 3.05) is 44.2 Å². The summed E-state index contributed by atoms with van der Waals surface area (Å²) in [6.07, 6.45) is 0.735. The second kappa shape index (κ2) is 11.9. The Labute approximate surface area is 215 Å². The molecule has 0 atom stereocenters. The molecule has 37 heavy (non-hydrogen) atoms. The summed E-state index contributed by atoms with van der Waals surface area (Å²) in [6, 6.07) is 15.7. The molecule has 2 aromatic carbocycles. The zero-order chi connectivity index (χ0) is 26.4. The van der Waals surface area contributed by atoms with Gasteiger partial charge in [0.05, 0.1) is 11.3 Å². The van der Waals surface area contributed by atoms with E-state index in [9.17, 15) is 18.4 Å². The molecule has 1 aliphatic rings. The van der Waals surface area contributed by atoms with Crippen molar-refractivity contribution in [1.82, 2.24) is 20.0 Å². The van der Waals surface area contributed by atoms with Crippen molar-refractivity contribution in [3.63, 3.8) is 0 Å². The molecule has 4 rings (SSSR count). The number of anilines is 1. The van der Waals surface area contributed by atoms with E-state index < -0.39 is 11.7 Å². The molecule has 194 valence electrons. The minimum absolute atomic E-state index is 0.0272. The Kier molecular flexibility index (Phi) is 8.43. The summed E-state index contributed by atoms with van der Waals surface area (Å²) in [5, 5.41) is 8.64. The first kappa shape index (κ1) is 26.2. The number of nitrogens with zero attached hydrogens (tertiary/aromatic N) is 5. The van der Waals surface area contributed by atoms with E-state index >= 15 is 0 Å². The maximum absolute atomic E-state index is 14.3. The van der Waals surface area contributed by atoms with Gasteiger partial charge in [0, 0.05) is 38.3 Å². The minimum Gasteiger partial charge on any atom is -0.353 e. The first-order valence-corrected chi connectivity index (χ1v) is 12.5. The van der Waals surface area contributed by atoms with Crippen LogP contribution in [0.4, 0.5) is 14.6 Å². The Bertz CT molecular complexity index is 1220. The molecule has 0 N–H and O–H groups in total. The van der Waals surface area contributed by atoms with Crippen LogP contribution in [0.3, 0.4) is 0 Å². The Morgan fingerprint density at radius 3 is 2.35 bits per heavy atom. The highest BCUT2D eigenvalue weighted by molar-refractivity contribution is 5.96. The smallest absolute Gasteiger partial charge is 0.257 e. The fourth-order valence-electron chi connectivity index (χ4n) is 4.39. The number of amides is 2. The summed E-state index contributed by atoms with van der Waals surface area (Å²) in [5.41, 5.74) is 1.41. The monoisotopic (exact) mass is 507 g/mol. The lowest BCUT2D eigenvalue weighted by Crippen LogP contribution is -2.45. The molecular formula is C28H31F2N5O2. The fourth-order valence-corrected chi connectivity index (χ4v) is 4.39. The van der Waals surface area contributed by atoms with E-state index in [2.05, 4.69) is 15.1 Å². The number of carbonyl (C=O) groups excluding carboxylic acids is 2. The van der Waals surface area contributed by atoms with Crippen LogP contribution in [0.5, 0.6) is 0 Å². The molecular weight excluding hydrogens is 476 g/mol. The van der Waals surface area contributed by atoms with Gasteiger partial charge in [-0.25, -0.2) is 8.78 Å². The van der Waals surface area contributed by atoms with E-state index in [0.29, 0.717) is 44.2 Å². The van der Waals surface area contributed by atoms with E-state index in [0.717, 1.165) is 12.0 Å². The lowest BCUT2D eigenvalue weighted by molar-refractivity contribution is -0.131. The predicted molar refractivity (Wildman–Crippen MR) is 138 cm³/mol. The Morgan fingerprint density at radius 2 is 1.68 bits per heavy atom. The van der Waals surface area contributed by atoms with Gasteiger partial charge in [0.2, 0.25) is 5.91 Å². The average molecular weight is 508 g/mol. The topological polar surface area (TPSA) is 69.6 Å². The highest BCUT2D eigenvalue weighted by atomic mass is 19.1. The highest BCUT2D eigenvalue weighted by Crippen LogP contribution is 2.20. The van der Waals surface area contributed by atoms with Gasteiger partial charge >= 0.3 is 0 Å². The summed E-state index contributed by atoms with van der Waals surface area (Å²) < 4.78 is 27.4. The molecule has 3 aromatic rings. The SMILES string of the molecule is CC(C)CN(CC(=O)N1CCCN(c2ccc(-c3ccc(F)cc3)nn2)CC1)C(=O)c1ccccc1F. The Balaban J connectivity index is 1.39. The summed E-state index contributed by atoms with van der Waals surface area (Å²) >= 11 is 0. The van der Waals surface area contributed by atoms with Crippen molar-refractivity contribution in [3.05, 3.63) is 77.9 Å². The summed E-state index contributed by atoms with van der Waals surface area (Å²) in [4.78, 5) is 31.5.